The lowest BCUT2D eigenvalue weighted by molar-refractivity contribution is 0.169. The van der Waals surface area contributed by atoms with E-state index < -0.39 is 19.7 Å². The van der Waals surface area contributed by atoms with Crippen molar-refractivity contribution in [3.05, 3.63) is 23.8 Å². The minimum absolute atomic E-state index is 0.000533. The second-order valence-electron chi connectivity index (χ2n) is 4.96. The molecule has 0 saturated carbocycles. The smallest absolute Gasteiger partial charge is 0.175 e. The number of rotatable bonds is 7. The number of likely N-dealkylation sites (N-methyl/N-ethyl adjacent to an activating group) is 1. The molecule has 0 aliphatic rings. The second-order valence-corrected chi connectivity index (χ2v) is 8.96. The average molecular weight is 335 g/mol. The van der Waals surface area contributed by atoms with Crippen LogP contribution in [-0.2, 0) is 30.8 Å². The van der Waals surface area contributed by atoms with Crippen molar-refractivity contribution in [2.45, 2.75) is 22.3 Å². The zero-order valence-electron chi connectivity index (χ0n) is 12.6. The molecule has 0 fully saturated rings. The van der Waals surface area contributed by atoms with Gasteiger partial charge in [0.15, 0.2) is 19.7 Å². The molecule has 0 aliphatic heterocycles. The number of hydrogen-bond donors (Lipinski definition) is 1. The average Bonchev–Trinajstić information content (AvgIpc) is 2.36. The predicted octanol–water partition coefficient (Wildman–Crippen LogP) is 0.270. The summed E-state index contributed by atoms with van der Waals surface area (Å²) in [6.07, 6.45) is 2.55. The summed E-state index contributed by atoms with van der Waals surface area (Å²) in [5, 5.41) is 3.04. The number of sulfone groups is 2. The van der Waals surface area contributed by atoms with Crippen LogP contribution < -0.4 is 5.32 Å². The van der Waals surface area contributed by atoms with Crippen LogP contribution in [0.2, 0.25) is 0 Å². The van der Waals surface area contributed by atoms with Crippen LogP contribution in [0.1, 0.15) is 5.56 Å². The van der Waals surface area contributed by atoms with Crippen molar-refractivity contribution in [1.29, 1.82) is 0 Å². The Labute approximate surface area is 126 Å². The van der Waals surface area contributed by atoms with Gasteiger partial charge in [-0.15, -0.1) is 0 Å². The summed E-state index contributed by atoms with van der Waals surface area (Å²) in [4.78, 5) is 0.0428. The van der Waals surface area contributed by atoms with Crippen LogP contribution in [0.25, 0.3) is 0 Å². The fraction of sp³-hybridized carbons (Fsp3) is 0.538. The van der Waals surface area contributed by atoms with Crippen molar-refractivity contribution in [2.24, 2.45) is 0 Å². The van der Waals surface area contributed by atoms with E-state index in [1.54, 1.807) is 20.2 Å². The third-order valence-corrected chi connectivity index (χ3v) is 5.40. The highest BCUT2D eigenvalue weighted by Crippen LogP contribution is 2.22. The van der Waals surface area contributed by atoms with E-state index in [2.05, 4.69) is 5.32 Å². The summed E-state index contributed by atoms with van der Waals surface area (Å²) in [6, 6.07) is 4.14. The van der Waals surface area contributed by atoms with Gasteiger partial charge in [-0.05, 0) is 31.2 Å². The van der Waals surface area contributed by atoms with Crippen LogP contribution in [0.5, 0.6) is 0 Å². The normalized spacial score (nSPS) is 14.1. The molecule has 1 N–H and O–H groups in total. The zero-order valence-corrected chi connectivity index (χ0v) is 14.2. The van der Waals surface area contributed by atoms with Crippen molar-refractivity contribution < 1.29 is 21.6 Å². The topological polar surface area (TPSA) is 89.5 Å². The lowest BCUT2D eigenvalue weighted by Gasteiger charge is -2.17. The second kappa shape index (κ2) is 6.87. The minimum atomic E-state index is -3.52. The summed E-state index contributed by atoms with van der Waals surface area (Å²) in [6.45, 7) is 0.424. The van der Waals surface area contributed by atoms with E-state index in [1.807, 2.05) is 0 Å². The van der Waals surface area contributed by atoms with Crippen molar-refractivity contribution in [3.8, 4) is 0 Å². The molecule has 120 valence electrons. The molecule has 0 bridgehead atoms. The van der Waals surface area contributed by atoms with Gasteiger partial charge in [0.1, 0.15) is 0 Å². The molecule has 1 aromatic rings. The Morgan fingerprint density at radius 3 is 2.19 bits per heavy atom. The molecule has 1 unspecified atom stereocenters. The summed E-state index contributed by atoms with van der Waals surface area (Å²) < 4.78 is 52.0. The summed E-state index contributed by atoms with van der Waals surface area (Å²) >= 11 is 0. The Hall–Kier alpha value is -0.960. The maximum atomic E-state index is 11.9. The van der Waals surface area contributed by atoms with E-state index in [0.29, 0.717) is 18.6 Å². The third-order valence-electron chi connectivity index (χ3n) is 3.11. The first kappa shape index (κ1) is 18.1. The van der Waals surface area contributed by atoms with Crippen molar-refractivity contribution in [2.75, 3.05) is 33.3 Å². The van der Waals surface area contributed by atoms with Gasteiger partial charge >= 0.3 is 0 Å². The van der Waals surface area contributed by atoms with Gasteiger partial charge < -0.3 is 10.1 Å². The van der Waals surface area contributed by atoms with Gasteiger partial charge in [0, 0.05) is 25.7 Å². The van der Waals surface area contributed by atoms with Gasteiger partial charge in [-0.25, -0.2) is 16.8 Å². The molecule has 0 aromatic heterocycles. The zero-order chi connectivity index (χ0) is 16.3. The Bertz CT molecular complexity index is 695. The first-order valence-corrected chi connectivity index (χ1v) is 10.1. The standard InChI is InChI=1S/C13H21NO5S2/c1-14-11(9-19-2)7-10-5-6-12(20(3,15)16)8-13(10)21(4,17)18/h5-6,8,11,14H,7,9H2,1-4H3. The Kier molecular flexibility index (Phi) is 5.92. The molecule has 0 spiro atoms. The van der Waals surface area contributed by atoms with Crippen LogP contribution in [-0.4, -0.2) is 56.2 Å². The summed E-state index contributed by atoms with van der Waals surface area (Å²) in [7, 11) is -3.65. The Morgan fingerprint density at radius 1 is 1.14 bits per heavy atom. The lowest BCUT2D eigenvalue weighted by atomic mass is 10.1. The van der Waals surface area contributed by atoms with E-state index in [9.17, 15) is 16.8 Å². The first-order valence-electron chi connectivity index (χ1n) is 6.29. The fourth-order valence-corrected chi connectivity index (χ4v) is 3.68. The molecule has 6 nitrogen and oxygen atoms in total. The SMILES string of the molecule is CNC(COC)Cc1ccc(S(C)(=O)=O)cc1S(C)(=O)=O. The van der Waals surface area contributed by atoms with Crippen molar-refractivity contribution in [3.63, 3.8) is 0 Å². The molecule has 21 heavy (non-hydrogen) atoms. The number of ether oxygens (including phenoxy) is 1. The predicted molar refractivity (Wildman–Crippen MR) is 81.1 cm³/mol. The molecule has 1 atom stereocenters. The third kappa shape index (κ3) is 5.06. The molecular formula is C13H21NO5S2. The highest BCUT2D eigenvalue weighted by atomic mass is 32.2. The monoisotopic (exact) mass is 335 g/mol. The van der Waals surface area contributed by atoms with Crippen LogP contribution >= 0.6 is 0 Å². The van der Waals surface area contributed by atoms with Crippen LogP contribution in [0, 0.1) is 0 Å². The van der Waals surface area contributed by atoms with E-state index in [1.165, 1.54) is 12.1 Å². The molecule has 1 rings (SSSR count). The summed E-state index contributed by atoms with van der Waals surface area (Å²) in [5.41, 5.74) is 0.571. The van der Waals surface area contributed by atoms with Gasteiger partial charge in [0.25, 0.3) is 0 Å². The highest BCUT2D eigenvalue weighted by Gasteiger charge is 2.19. The van der Waals surface area contributed by atoms with Gasteiger partial charge in [0.05, 0.1) is 16.4 Å². The fourth-order valence-electron chi connectivity index (χ4n) is 1.99. The molecule has 0 saturated heterocycles. The van der Waals surface area contributed by atoms with Crippen LogP contribution in [0.15, 0.2) is 28.0 Å². The maximum Gasteiger partial charge on any atom is 0.175 e. The molecule has 0 heterocycles. The van der Waals surface area contributed by atoms with Gasteiger partial charge in [0.2, 0.25) is 0 Å². The number of benzene rings is 1. The molecule has 1 aromatic carbocycles. The van der Waals surface area contributed by atoms with E-state index >= 15 is 0 Å². The molecular weight excluding hydrogens is 314 g/mol. The van der Waals surface area contributed by atoms with Gasteiger partial charge in [-0.1, -0.05) is 6.07 Å². The quantitative estimate of drug-likeness (QED) is 0.769. The van der Waals surface area contributed by atoms with Gasteiger partial charge in [-0.2, -0.15) is 0 Å². The Morgan fingerprint density at radius 2 is 1.76 bits per heavy atom. The van der Waals surface area contributed by atoms with Crippen LogP contribution in [0.4, 0.5) is 0 Å². The lowest BCUT2D eigenvalue weighted by Crippen LogP contribution is -2.32. The van der Waals surface area contributed by atoms with Crippen molar-refractivity contribution in [1.82, 2.24) is 5.32 Å². The van der Waals surface area contributed by atoms with Gasteiger partial charge in [-0.3, -0.25) is 0 Å². The largest absolute Gasteiger partial charge is 0.383 e. The molecule has 0 amide bonds. The number of nitrogens with one attached hydrogen (secondary N) is 1. The summed E-state index contributed by atoms with van der Waals surface area (Å²) in [5.74, 6) is 0. The van der Waals surface area contributed by atoms with E-state index in [0.717, 1.165) is 12.5 Å². The number of hydrogen-bond acceptors (Lipinski definition) is 6. The van der Waals surface area contributed by atoms with Crippen molar-refractivity contribution >= 4 is 19.7 Å². The Balaban J connectivity index is 3.33. The molecule has 0 aliphatic carbocycles. The van der Waals surface area contributed by atoms with E-state index in [-0.39, 0.29) is 15.8 Å². The first-order chi connectivity index (χ1) is 9.59. The maximum absolute atomic E-state index is 11.9. The van der Waals surface area contributed by atoms with Crippen LogP contribution in [0.3, 0.4) is 0 Å². The minimum Gasteiger partial charge on any atom is -0.383 e. The molecule has 8 heteroatoms. The number of methoxy groups -OCH3 is 1. The molecule has 0 radical (unpaired) electrons. The van der Waals surface area contributed by atoms with E-state index in [4.69, 9.17) is 4.74 Å². The highest BCUT2D eigenvalue weighted by molar-refractivity contribution is 7.91.